The molecule has 1 aliphatic rings. The predicted molar refractivity (Wildman–Crippen MR) is 103 cm³/mol. The van der Waals surface area contributed by atoms with E-state index in [2.05, 4.69) is 0 Å². The average molecular weight is 386 g/mol. The minimum atomic E-state index is -0.573. The summed E-state index contributed by atoms with van der Waals surface area (Å²) in [5.41, 5.74) is 1.28. The van der Waals surface area contributed by atoms with Crippen LogP contribution < -0.4 is 5.01 Å². The minimum absolute atomic E-state index is 0.00361. The van der Waals surface area contributed by atoms with Crippen LogP contribution in [0.3, 0.4) is 0 Å². The van der Waals surface area contributed by atoms with Crippen molar-refractivity contribution in [2.75, 3.05) is 11.6 Å². The third-order valence-corrected chi connectivity index (χ3v) is 5.31. The number of hydrazine groups is 1. The van der Waals surface area contributed by atoms with E-state index in [0.29, 0.717) is 22.7 Å². The molecule has 2 amide bonds. The Morgan fingerprint density at radius 2 is 1.93 bits per heavy atom. The molecule has 0 saturated carbocycles. The molecule has 0 saturated heterocycles. The normalized spacial score (nSPS) is 16.2. The number of ether oxygens (including phenoxy) is 1. The number of esters is 1. The van der Waals surface area contributed by atoms with E-state index in [1.165, 1.54) is 28.3 Å². The molecule has 1 aromatic carbocycles. The molecule has 0 fully saturated rings. The Bertz CT molecular complexity index is 834. The molecule has 1 aromatic heterocycles. The van der Waals surface area contributed by atoms with Gasteiger partial charge in [0.15, 0.2) is 0 Å². The molecular weight excluding hydrogens is 364 g/mol. The van der Waals surface area contributed by atoms with Crippen molar-refractivity contribution in [1.82, 2.24) is 5.01 Å². The highest BCUT2D eigenvalue weighted by Gasteiger charge is 2.42. The highest BCUT2D eigenvalue weighted by atomic mass is 32.1. The number of hydrogen-bond acceptors (Lipinski definition) is 5. The molecular formula is C20H22N2O4S. The zero-order valence-corrected chi connectivity index (χ0v) is 16.2. The van der Waals surface area contributed by atoms with Crippen LogP contribution in [0, 0.1) is 0 Å². The Kier molecular flexibility index (Phi) is 5.91. The van der Waals surface area contributed by atoms with Crippen LogP contribution in [0.5, 0.6) is 0 Å². The van der Waals surface area contributed by atoms with E-state index >= 15 is 0 Å². The molecule has 1 unspecified atom stereocenters. The van der Waals surface area contributed by atoms with E-state index in [0.717, 1.165) is 12.8 Å². The van der Waals surface area contributed by atoms with Gasteiger partial charge in [-0.05, 0) is 30.0 Å². The smallest absolute Gasteiger partial charge is 0.308 e. The van der Waals surface area contributed by atoms with Crippen molar-refractivity contribution in [3.8, 4) is 0 Å². The van der Waals surface area contributed by atoms with E-state index in [1.807, 2.05) is 18.4 Å². The number of amides is 2. The summed E-state index contributed by atoms with van der Waals surface area (Å²) in [4.78, 5) is 38.5. The maximum Gasteiger partial charge on any atom is 0.308 e. The van der Waals surface area contributed by atoms with E-state index in [4.69, 9.17) is 4.74 Å². The molecule has 2 heterocycles. The number of para-hydroxylation sites is 1. The zero-order chi connectivity index (χ0) is 19.4. The molecule has 2 aromatic rings. The molecule has 0 bridgehead atoms. The third-order valence-electron chi connectivity index (χ3n) is 4.40. The van der Waals surface area contributed by atoms with E-state index < -0.39 is 6.04 Å². The summed E-state index contributed by atoms with van der Waals surface area (Å²) < 4.78 is 5.30. The summed E-state index contributed by atoms with van der Waals surface area (Å²) in [5.74, 6) is -0.952. The van der Waals surface area contributed by atoms with Crippen LogP contribution in [0.15, 0.2) is 41.8 Å². The molecule has 7 heteroatoms. The SMILES string of the molecule is CCCCOC(=O)CC1c2ccsc2C(=O)N(c2ccccc2)N1C(C)=O. The fraction of sp³-hybridized carbons (Fsp3) is 0.350. The second-order valence-electron chi connectivity index (χ2n) is 6.32. The van der Waals surface area contributed by atoms with Gasteiger partial charge in [-0.2, -0.15) is 0 Å². The summed E-state index contributed by atoms with van der Waals surface area (Å²) in [6, 6.07) is 10.2. The Hall–Kier alpha value is -2.67. The number of hydrogen-bond donors (Lipinski definition) is 0. The molecule has 142 valence electrons. The number of nitrogens with zero attached hydrogens (tertiary/aromatic N) is 2. The molecule has 0 aliphatic carbocycles. The first-order valence-electron chi connectivity index (χ1n) is 8.96. The van der Waals surface area contributed by atoms with Gasteiger partial charge in [0.2, 0.25) is 5.91 Å². The minimum Gasteiger partial charge on any atom is -0.466 e. The Balaban J connectivity index is 1.97. The van der Waals surface area contributed by atoms with Gasteiger partial charge in [-0.15, -0.1) is 11.3 Å². The average Bonchev–Trinajstić information content (AvgIpc) is 3.14. The van der Waals surface area contributed by atoms with Crippen LogP contribution in [-0.2, 0) is 14.3 Å². The number of carbonyl (C=O) groups excluding carboxylic acids is 3. The second kappa shape index (κ2) is 8.35. The van der Waals surface area contributed by atoms with Gasteiger partial charge < -0.3 is 4.74 Å². The van der Waals surface area contributed by atoms with Crippen LogP contribution >= 0.6 is 11.3 Å². The topological polar surface area (TPSA) is 66.9 Å². The molecule has 0 N–H and O–H groups in total. The first kappa shape index (κ1) is 19.1. The van der Waals surface area contributed by atoms with Crippen LogP contribution in [0.25, 0.3) is 0 Å². The highest BCUT2D eigenvalue weighted by Crippen LogP contribution is 2.39. The van der Waals surface area contributed by atoms with Crippen molar-refractivity contribution in [2.24, 2.45) is 0 Å². The zero-order valence-electron chi connectivity index (χ0n) is 15.4. The summed E-state index contributed by atoms with van der Waals surface area (Å²) >= 11 is 1.32. The number of rotatable bonds is 6. The van der Waals surface area contributed by atoms with E-state index in [-0.39, 0.29) is 24.2 Å². The van der Waals surface area contributed by atoms with Gasteiger partial charge in [-0.3, -0.25) is 14.4 Å². The van der Waals surface area contributed by atoms with Gasteiger partial charge in [-0.1, -0.05) is 31.5 Å². The maximum atomic E-state index is 13.1. The predicted octanol–water partition coefficient (Wildman–Crippen LogP) is 3.95. The van der Waals surface area contributed by atoms with Crippen molar-refractivity contribution in [3.05, 3.63) is 52.2 Å². The van der Waals surface area contributed by atoms with Gasteiger partial charge >= 0.3 is 5.97 Å². The fourth-order valence-corrected chi connectivity index (χ4v) is 4.01. The second-order valence-corrected chi connectivity index (χ2v) is 7.23. The van der Waals surface area contributed by atoms with Crippen LogP contribution in [0.2, 0.25) is 0 Å². The lowest BCUT2D eigenvalue weighted by atomic mass is 10.0. The monoisotopic (exact) mass is 386 g/mol. The molecule has 1 atom stereocenters. The standard InChI is InChI=1S/C20H22N2O4S/c1-3-4-11-26-18(24)13-17-16-10-12-27-19(16)20(25)22(21(17)14(2)23)15-8-6-5-7-9-15/h5-10,12,17H,3-4,11,13H2,1-2H3. The van der Waals surface area contributed by atoms with Crippen molar-refractivity contribution >= 4 is 34.8 Å². The maximum absolute atomic E-state index is 13.1. The van der Waals surface area contributed by atoms with E-state index in [9.17, 15) is 14.4 Å². The van der Waals surface area contributed by atoms with Crippen molar-refractivity contribution in [1.29, 1.82) is 0 Å². The lowest BCUT2D eigenvalue weighted by Gasteiger charge is -2.42. The van der Waals surface area contributed by atoms with Gasteiger partial charge in [0.25, 0.3) is 5.91 Å². The summed E-state index contributed by atoms with van der Waals surface area (Å²) in [6.45, 7) is 3.78. The number of fused-ring (bicyclic) bond motifs is 1. The third kappa shape index (κ3) is 3.88. The first-order valence-corrected chi connectivity index (χ1v) is 9.84. The number of thiophene rings is 1. The largest absolute Gasteiger partial charge is 0.466 e. The van der Waals surface area contributed by atoms with Gasteiger partial charge in [-0.25, -0.2) is 10.0 Å². The van der Waals surface area contributed by atoms with Gasteiger partial charge in [0, 0.05) is 12.5 Å². The fourth-order valence-electron chi connectivity index (χ4n) is 3.14. The van der Waals surface area contributed by atoms with Crippen LogP contribution in [0.4, 0.5) is 5.69 Å². The number of benzene rings is 1. The molecule has 3 rings (SSSR count). The summed E-state index contributed by atoms with van der Waals surface area (Å²) in [7, 11) is 0. The van der Waals surface area contributed by atoms with Gasteiger partial charge in [0.05, 0.1) is 29.6 Å². The summed E-state index contributed by atoms with van der Waals surface area (Å²) in [5, 5.41) is 4.55. The number of carbonyl (C=O) groups is 3. The highest BCUT2D eigenvalue weighted by molar-refractivity contribution is 7.12. The Morgan fingerprint density at radius 1 is 1.19 bits per heavy atom. The Morgan fingerprint density at radius 3 is 2.59 bits per heavy atom. The lowest BCUT2D eigenvalue weighted by molar-refractivity contribution is -0.146. The number of anilines is 1. The molecule has 27 heavy (non-hydrogen) atoms. The molecule has 1 aliphatic heterocycles. The van der Waals surface area contributed by atoms with E-state index in [1.54, 1.807) is 30.3 Å². The van der Waals surface area contributed by atoms with Crippen LogP contribution in [0.1, 0.15) is 54.4 Å². The van der Waals surface area contributed by atoms with Crippen molar-refractivity contribution in [3.63, 3.8) is 0 Å². The Labute approximate surface area is 162 Å². The summed E-state index contributed by atoms with van der Waals surface area (Å²) in [6.07, 6.45) is 1.73. The number of unbranched alkanes of at least 4 members (excludes halogenated alkanes) is 1. The van der Waals surface area contributed by atoms with Gasteiger partial charge in [0.1, 0.15) is 0 Å². The van der Waals surface area contributed by atoms with Crippen molar-refractivity contribution < 1.29 is 19.1 Å². The first-order chi connectivity index (χ1) is 13.0. The quantitative estimate of drug-likeness (QED) is 0.557. The van der Waals surface area contributed by atoms with Crippen LogP contribution in [-0.4, -0.2) is 29.4 Å². The molecule has 0 spiro atoms. The molecule has 0 radical (unpaired) electrons. The lowest BCUT2D eigenvalue weighted by Crippen LogP contribution is -2.54. The van der Waals surface area contributed by atoms with Crippen molar-refractivity contribution in [2.45, 2.75) is 39.2 Å². The molecule has 6 nitrogen and oxygen atoms in total.